The first kappa shape index (κ1) is 14.2. The van der Waals surface area contributed by atoms with Crippen LogP contribution in [0.1, 0.15) is 17.3 Å². The van der Waals surface area contributed by atoms with E-state index >= 15 is 0 Å². The third-order valence-electron chi connectivity index (χ3n) is 3.79. The first-order chi connectivity index (χ1) is 10.2. The zero-order valence-corrected chi connectivity index (χ0v) is 13.1. The minimum absolute atomic E-state index is 0.0912. The minimum Gasteiger partial charge on any atom is -0.373 e. The summed E-state index contributed by atoms with van der Waals surface area (Å²) in [5.41, 5.74) is 0.698. The summed E-state index contributed by atoms with van der Waals surface area (Å²) >= 11 is 1.92. The number of nitrogens with zero attached hydrogens (tertiary/aromatic N) is 2. The zero-order chi connectivity index (χ0) is 14.8. The van der Waals surface area contributed by atoms with Crippen LogP contribution in [0.3, 0.4) is 0 Å². The van der Waals surface area contributed by atoms with Gasteiger partial charge >= 0.3 is 0 Å². The number of pyridine rings is 1. The van der Waals surface area contributed by atoms with Gasteiger partial charge in [-0.25, -0.2) is 4.98 Å². The zero-order valence-electron chi connectivity index (χ0n) is 12.3. The van der Waals surface area contributed by atoms with Crippen LogP contribution in [0.4, 0.5) is 5.82 Å². The first-order valence-electron chi connectivity index (χ1n) is 7.17. The molecular formula is C16H19N3OS. The Hall–Kier alpha value is -1.75. The summed E-state index contributed by atoms with van der Waals surface area (Å²) in [5, 5.41) is 5.54. The van der Waals surface area contributed by atoms with Gasteiger partial charge in [-0.2, -0.15) is 11.8 Å². The predicted octanol–water partition coefficient (Wildman–Crippen LogP) is 2.85. The molecule has 2 heterocycles. The van der Waals surface area contributed by atoms with Gasteiger partial charge in [-0.1, -0.05) is 31.2 Å². The maximum Gasteiger partial charge on any atom is 0.256 e. The number of rotatable bonds is 2. The number of fused-ring (bicyclic) bond motifs is 1. The molecule has 1 N–H and O–H groups in total. The molecule has 0 saturated carbocycles. The van der Waals surface area contributed by atoms with Gasteiger partial charge in [-0.15, -0.1) is 0 Å². The van der Waals surface area contributed by atoms with E-state index in [1.807, 2.05) is 48.0 Å². The molecule has 0 aliphatic carbocycles. The highest BCUT2D eigenvalue weighted by Gasteiger charge is 2.24. The number of nitrogens with one attached hydrogen (secondary N) is 1. The van der Waals surface area contributed by atoms with Crippen LogP contribution in [-0.2, 0) is 0 Å². The van der Waals surface area contributed by atoms with E-state index in [-0.39, 0.29) is 5.91 Å². The highest BCUT2D eigenvalue weighted by Crippen LogP contribution is 2.26. The van der Waals surface area contributed by atoms with Crippen molar-refractivity contribution in [2.75, 3.05) is 31.2 Å². The fourth-order valence-electron chi connectivity index (χ4n) is 2.74. The molecule has 2 aromatic rings. The van der Waals surface area contributed by atoms with Gasteiger partial charge in [0.15, 0.2) is 0 Å². The van der Waals surface area contributed by atoms with E-state index < -0.39 is 0 Å². The Morgan fingerprint density at radius 3 is 2.86 bits per heavy atom. The van der Waals surface area contributed by atoms with Gasteiger partial charge in [0.1, 0.15) is 5.82 Å². The first-order valence-corrected chi connectivity index (χ1v) is 8.22. The number of carbonyl (C=O) groups excluding carboxylic acids is 1. The van der Waals surface area contributed by atoms with Gasteiger partial charge in [-0.05, 0) is 5.39 Å². The number of thioether (sulfide) groups is 1. The quantitative estimate of drug-likeness (QED) is 0.926. The fourth-order valence-corrected chi connectivity index (χ4v) is 3.75. The van der Waals surface area contributed by atoms with E-state index in [1.54, 1.807) is 6.20 Å². The van der Waals surface area contributed by atoms with Crippen LogP contribution in [0.2, 0.25) is 0 Å². The molecule has 0 radical (unpaired) electrons. The van der Waals surface area contributed by atoms with Crippen LogP contribution in [-0.4, -0.2) is 46.9 Å². The Bertz CT molecular complexity index is 674. The van der Waals surface area contributed by atoms with Crippen molar-refractivity contribution in [3.63, 3.8) is 0 Å². The summed E-state index contributed by atoms with van der Waals surface area (Å²) in [6.45, 7) is 3.80. The molecule has 110 valence electrons. The monoisotopic (exact) mass is 301 g/mol. The number of hydrogen-bond donors (Lipinski definition) is 1. The average Bonchev–Trinajstić information content (AvgIpc) is 2.53. The molecule has 1 saturated heterocycles. The molecule has 5 heteroatoms. The van der Waals surface area contributed by atoms with Gasteiger partial charge in [0.05, 0.1) is 5.56 Å². The maximum absolute atomic E-state index is 12.8. The third-order valence-corrected chi connectivity index (χ3v) is 4.93. The van der Waals surface area contributed by atoms with Crippen molar-refractivity contribution in [2.45, 2.75) is 12.2 Å². The normalized spacial score (nSPS) is 18.8. The SMILES string of the molecule is CNc1ncc(C(=O)N2CCSC(C)C2)c2ccccc12. The summed E-state index contributed by atoms with van der Waals surface area (Å²) in [4.78, 5) is 19.2. The van der Waals surface area contributed by atoms with Crippen molar-refractivity contribution in [3.05, 3.63) is 36.0 Å². The van der Waals surface area contributed by atoms with Gasteiger partial charge < -0.3 is 10.2 Å². The second-order valence-corrected chi connectivity index (χ2v) is 6.79. The number of hydrogen-bond acceptors (Lipinski definition) is 4. The molecule has 1 aliphatic heterocycles. The van der Waals surface area contributed by atoms with Crippen LogP contribution in [0.5, 0.6) is 0 Å². The molecule has 0 bridgehead atoms. The minimum atomic E-state index is 0.0912. The molecule has 1 amide bonds. The molecule has 4 nitrogen and oxygen atoms in total. The van der Waals surface area contributed by atoms with Gasteiger partial charge in [-0.3, -0.25) is 4.79 Å². The van der Waals surface area contributed by atoms with Crippen molar-refractivity contribution in [1.29, 1.82) is 0 Å². The van der Waals surface area contributed by atoms with Crippen molar-refractivity contribution in [1.82, 2.24) is 9.88 Å². The molecule has 1 aromatic carbocycles. The summed E-state index contributed by atoms with van der Waals surface area (Å²) < 4.78 is 0. The van der Waals surface area contributed by atoms with Crippen molar-refractivity contribution in [2.24, 2.45) is 0 Å². The van der Waals surface area contributed by atoms with Crippen molar-refractivity contribution >= 4 is 34.3 Å². The molecule has 3 rings (SSSR count). The lowest BCUT2D eigenvalue weighted by atomic mass is 10.1. The molecule has 21 heavy (non-hydrogen) atoms. The number of anilines is 1. The lowest BCUT2D eigenvalue weighted by molar-refractivity contribution is 0.0765. The summed E-state index contributed by atoms with van der Waals surface area (Å²) in [5.74, 6) is 1.91. The second-order valence-electron chi connectivity index (χ2n) is 5.25. The van der Waals surface area contributed by atoms with Gasteiger partial charge in [0, 0.05) is 42.7 Å². The molecule has 1 unspecified atom stereocenters. The second kappa shape index (κ2) is 5.93. The Balaban J connectivity index is 2.02. The summed E-state index contributed by atoms with van der Waals surface area (Å²) in [7, 11) is 1.85. The van der Waals surface area contributed by atoms with Gasteiger partial charge in [0.25, 0.3) is 5.91 Å². The Kier molecular flexibility index (Phi) is 4.01. The highest BCUT2D eigenvalue weighted by molar-refractivity contribution is 7.99. The average molecular weight is 301 g/mol. The number of carbonyl (C=O) groups is 1. The lowest BCUT2D eigenvalue weighted by Crippen LogP contribution is -2.41. The number of benzene rings is 1. The van der Waals surface area contributed by atoms with Crippen molar-refractivity contribution < 1.29 is 4.79 Å². The lowest BCUT2D eigenvalue weighted by Gasteiger charge is -2.30. The number of aromatic nitrogens is 1. The van der Waals surface area contributed by atoms with Gasteiger partial charge in [0.2, 0.25) is 0 Å². The molecule has 1 atom stereocenters. The summed E-state index contributed by atoms with van der Waals surface area (Å²) in [6, 6.07) is 7.93. The highest BCUT2D eigenvalue weighted by atomic mass is 32.2. The van der Waals surface area contributed by atoms with E-state index in [0.717, 1.165) is 35.4 Å². The van der Waals surface area contributed by atoms with Crippen molar-refractivity contribution in [3.8, 4) is 0 Å². The van der Waals surface area contributed by atoms with Crippen LogP contribution >= 0.6 is 11.8 Å². The molecule has 1 aromatic heterocycles. The molecule has 1 fully saturated rings. The van der Waals surface area contributed by atoms with Crippen LogP contribution in [0.25, 0.3) is 10.8 Å². The van der Waals surface area contributed by atoms with E-state index in [2.05, 4.69) is 17.2 Å². The largest absolute Gasteiger partial charge is 0.373 e. The van der Waals surface area contributed by atoms with E-state index in [0.29, 0.717) is 10.8 Å². The smallest absolute Gasteiger partial charge is 0.256 e. The Labute approximate surface area is 128 Å². The summed E-state index contributed by atoms with van der Waals surface area (Å²) in [6.07, 6.45) is 1.70. The Morgan fingerprint density at radius 1 is 1.38 bits per heavy atom. The molecular weight excluding hydrogens is 282 g/mol. The Morgan fingerprint density at radius 2 is 2.14 bits per heavy atom. The fraction of sp³-hybridized carbons (Fsp3) is 0.375. The topological polar surface area (TPSA) is 45.2 Å². The molecule has 0 spiro atoms. The van der Waals surface area contributed by atoms with Crippen LogP contribution in [0, 0.1) is 0 Å². The predicted molar refractivity (Wildman–Crippen MR) is 89.1 cm³/mol. The molecule has 1 aliphatic rings. The van der Waals surface area contributed by atoms with E-state index in [4.69, 9.17) is 0 Å². The standard InChI is InChI=1S/C16H19N3OS/c1-11-10-19(7-8-21-11)16(20)14-9-18-15(17-2)13-6-4-3-5-12(13)14/h3-6,9,11H,7-8,10H2,1-2H3,(H,17,18). The van der Waals surface area contributed by atoms with E-state index in [1.165, 1.54) is 0 Å². The number of amides is 1. The maximum atomic E-state index is 12.8. The van der Waals surface area contributed by atoms with Crippen LogP contribution in [0.15, 0.2) is 30.5 Å². The van der Waals surface area contributed by atoms with Crippen LogP contribution < -0.4 is 5.32 Å². The third kappa shape index (κ3) is 2.70. The van der Waals surface area contributed by atoms with E-state index in [9.17, 15) is 4.79 Å².